The molecule has 0 aliphatic carbocycles. The molecule has 2 rings (SSSR count). The molecule has 0 saturated heterocycles. The Balaban J connectivity index is 2.48. The van der Waals surface area contributed by atoms with E-state index in [1.54, 1.807) is 44.6 Å². The van der Waals surface area contributed by atoms with Gasteiger partial charge in [-0.2, -0.15) is 0 Å². The molecule has 0 bridgehead atoms. The minimum absolute atomic E-state index is 0.0965. The van der Waals surface area contributed by atoms with Gasteiger partial charge in [0, 0.05) is 11.6 Å². The Kier molecular flexibility index (Phi) is 5.62. The van der Waals surface area contributed by atoms with Gasteiger partial charge in [0.25, 0.3) is 0 Å². The van der Waals surface area contributed by atoms with Gasteiger partial charge in [-0.25, -0.2) is 0 Å². The smallest absolute Gasteiger partial charge is 0.196 e. The summed E-state index contributed by atoms with van der Waals surface area (Å²) in [5.41, 5.74) is 0.828. The van der Waals surface area contributed by atoms with Crippen molar-refractivity contribution in [2.45, 2.75) is 32.5 Å². The third kappa shape index (κ3) is 4.59. The summed E-state index contributed by atoms with van der Waals surface area (Å²) in [6.07, 6.45) is -0.739. The highest BCUT2D eigenvalue weighted by atomic mass is 16.5. The maximum Gasteiger partial charge on any atom is 0.196 e. The number of Topliss-reactive ketones (excluding diaryl/α,β-unsaturated/α-hetero) is 1. The molecular weight excluding hydrogens is 304 g/mol. The number of ether oxygens (including phenoxy) is 3. The van der Waals surface area contributed by atoms with Crippen molar-refractivity contribution in [3.8, 4) is 11.5 Å². The molecule has 0 N–H and O–H groups in total. The monoisotopic (exact) mass is 328 g/mol. The lowest BCUT2D eigenvalue weighted by Gasteiger charge is -2.27. The van der Waals surface area contributed by atoms with Crippen molar-refractivity contribution in [3.63, 3.8) is 0 Å². The average molecular weight is 328 g/mol. The molecule has 0 aromatic heterocycles. The average Bonchev–Trinajstić information content (AvgIpc) is 2.58. The van der Waals surface area contributed by atoms with Gasteiger partial charge in [0.1, 0.15) is 17.6 Å². The molecule has 0 aliphatic rings. The highest BCUT2D eigenvalue weighted by molar-refractivity contribution is 6.00. The zero-order valence-corrected chi connectivity index (χ0v) is 14.8. The van der Waals surface area contributed by atoms with E-state index in [9.17, 15) is 4.79 Å². The van der Waals surface area contributed by atoms with Crippen LogP contribution in [-0.2, 0) is 4.74 Å². The van der Waals surface area contributed by atoms with Crippen LogP contribution < -0.4 is 9.47 Å². The first-order valence-electron chi connectivity index (χ1n) is 7.84. The molecule has 24 heavy (non-hydrogen) atoms. The van der Waals surface area contributed by atoms with E-state index in [-0.39, 0.29) is 5.78 Å². The van der Waals surface area contributed by atoms with E-state index in [1.807, 2.05) is 39.0 Å². The quantitative estimate of drug-likeness (QED) is 0.735. The van der Waals surface area contributed by atoms with E-state index < -0.39 is 11.7 Å². The molecule has 0 amide bonds. The van der Waals surface area contributed by atoms with E-state index in [1.165, 1.54) is 0 Å². The molecule has 2 aromatic carbocycles. The highest BCUT2D eigenvalue weighted by Crippen LogP contribution is 2.33. The van der Waals surface area contributed by atoms with Crippen LogP contribution in [0, 0.1) is 0 Å². The molecule has 1 atom stereocenters. The van der Waals surface area contributed by atoms with Crippen molar-refractivity contribution < 1.29 is 19.0 Å². The molecule has 4 nitrogen and oxygen atoms in total. The molecule has 0 saturated carbocycles. The van der Waals surface area contributed by atoms with Crippen LogP contribution in [0.25, 0.3) is 0 Å². The number of hydrogen-bond acceptors (Lipinski definition) is 4. The fourth-order valence-electron chi connectivity index (χ4n) is 2.36. The molecule has 0 heterocycles. The van der Waals surface area contributed by atoms with Gasteiger partial charge in [-0.05, 0) is 38.5 Å². The minimum atomic E-state index is -0.739. The Hall–Kier alpha value is -2.33. The number of hydrogen-bond donors (Lipinski definition) is 0. The lowest BCUT2D eigenvalue weighted by atomic mass is 9.98. The molecule has 0 radical (unpaired) electrons. The summed E-state index contributed by atoms with van der Waals surface area (Å²) in [7, 11) is 3.16. The summed E-state index contributed by atoms with van der Waals surface area (Å²) in [4.78, 5) is 13.0. The van der Waals surface area contributed by atoms with Crippen molar-refractivity contribution in [2.24, 2.45) is 0 Å². The van der Waals surface area contributed by atoms with Crippen LogP contribution in [0.4, 0.5) is 0 Å². The van der Waals surface area contributed by atoms with Gasteiger partial charge < -0.3 is 14.2 Å². The molecule has 0 fully saturated rings. The summed E-state index contributed by atoms with van der Waals surface area (Å²) in [5.74, 6) is 1.14. The third-order valence-electron chi connectivity index (χ3n) is 3.44. The van der Waals surface area contributed by atoms with Crippen LogP contribution in [0.1, 0.15) is 42.8 Å². The van der Waals surface area contributed by atoms with Crippen LogP contribution in [0.5, 0.6) is 11.5 Å². The predicted octanol–water partition coefficient (Wildman–Crippen LogP) is 4.44. The van der Waals surface area contributed by atoms with Crippen LogP contribution >= 0.6 is 0 Å². The van der Waals surface area contributed by atoms with Crippen molar-refractivity contribution >= 4 is 5.78 Å². The second kappa shape index (κ2) is 7.49. The van der Waals surface area contributed by atoms with E-state index in [4.69, 9.17) is 14.2 Å². The molecule has 128 valence electrons. The van der Waals surface area contributed by atoms with Crippen molar-refractivity contribution in [2.75, 3.05) is 14.2 Å². The zero-order valence-electron chi connectivity index (χ0n) is 14.8. The van der Waals surface area contributed by atoms with Crippen molar-refractivity contribution in [1.29, 1.82) is 0 Å². The fourth-order valence-corrected chi connectivity index (χ4v) is 2.36. The Morgan fingerprint density at radius 3 is 1.92 bits per heavy atom. The maximum atomic E-state index is 13.0. The van der Waals surface area contributed by atoms with Gasteiger partial charge in [-0.15, -0.1) is 0 Å². The number of methoxy groups -OCH3 is 2. The fraction of sp³-hybridized carbons (Fsp3) is 0.350. The Morgan fingerprint density at radius 1 is 0.917 bits per heavy atom. The maximum absolute atomic E-state index is 13.0. The number of rotatable bonds is 6. The number of benzene rings is 2. The Morgan fingerprint density at radius 2 is 1.46 bits per heavy atom. The standard InChI is InChI=1S/C20H24O4/c1-20(2,3)24-19(18(21)14-9-7-6-8-10-14)15-11-16(22-4)13-17(12-15)23-5/h6-13,19H,1-5H3. The van der Waals surface area contributed by atoms with E-state index in [2.05, 4.69) is 0 Å². The second-order valence-electron chi connectivity index (χ2n) is 6.49. The lowest BCUT2D eigenvalue weighted by molar-refractivity contribution is -0.0472. The molecule has 0 spiro atoms. The summed E-state index contributed by atoms with van der Waals surface area (Å²) >= 11 is 0. The molecular formula is C20H24O4. The third-order valence-corrected chi connectivity index (χ3v) is 3.44. The number of carbonyl (C=O) groups is 1. The summed E-state index contributed by atoms with van der Waals surface area (Å²) < 4.78 is 16.7. The minimum Gasteiger partial charge on any atom is -0.497 e. The largest absolute Gasteiger partial charge is 0.497 e. The second-order valence-corrected chi connectivity index (χ2v) is 6.49. The van der Waals surface area contributed by atoms with Crippen LogP contribution in [0.2, 0.25) is 0 Å². The van der Waals surface area contributed by atoms with Crippen LogP contribution in [0.3, 0.4) is 0 Å². The predicted molar refractivity (Wildman–Crippen MR) is 93.9 cm³/mol. The van der Waals surface area contributed by atoms with Crippen LogP contribution in [0.15, 0.2) is 48.5 Å². The summed E-state index contributed by atoms with van der Waals surface area (Å²) in [6.45, 7) is 5.78. The van der Waals surface area contributed by atoms with Gasteiger partial charge >= 0.3 is 0 Å². The van der Waals surface area contributed by atoms with E-state index in [0.717, 1.165) is 0 Å². The van der Waals surface area contributed by atoms with Gasteiger partial charge in [-0.3, -0.25) is 4.79 Å². The van der Waals surface area contributed by atoms with Crippen molar-refractivity contribution in [3.05, 3.63) is 59.7 Å². The molecule has 1 unspecified atom stereocenters. The van der Waals surface area contributed by atoms with E-state index >= 15 is 0 Å². The van der Waals surface area contributed by atoms with Gasteiger partial charge in [-0.1, -0.05) is 30.3 Å². The van der Waals surface area contributed by atoms with Gasteiger partial charge in [0.15, 0.2) is 5.78 Å². The van der Waals surface area contributed by atoms with Crippen LogP contribution in [-0.4, -0.2) is 25.6 Å². The topological polar surface area (TPSA) is 44.8 Å². The van der Waals surface area contributed by atoms with E-state index in [0.29, 0.717) is 22.6 Å². The van der Waals surface area contributed by atoms with Gasteiger partial charge in [0.05, 0.1) is 19.8 Å². The first-order valence-corrected chi connectivity index (χ1v) is 7.84. The van der Waals surface area contributed by atoms with Crippen molar-refractivity contribution in [1.82, 2.24) is 0 Å². The number of carbonyl (C=O) groups excluding carboxylic acids is 1. The molecule has 4 heteroatoms. The zero-order chi connectivity index (χ0) is 17.7. The van der Waals surface area contributed by atoms with Gasteiger partial charge in [0.2, 0.25) is 0 Å². The Bertz CT molecular complexity index is 664. The lowest BCUT2D eigenvalue weighted by Crippen LogP contribution is -2.27. The molecule has 2 aromatic rings. The normalized spacial score (nSPS) is 12.5. The molecule has 0 aliphatic heterocycles. The first kappa shape index (κ1) is 18.0. The summed E-state index contributed by atoms with van der Waals surface area (Å²) in [6, 6.07) is 14.5. The SMILES string of the molecule is COc1cc(OC)cc(C(OC(C)(C)C)C(=O)c2ccccc2)c1. The summed E-state index contributed by atoms with van der Waals surface area (Å²) in [5, 5.41) is 0. The number of ketones is 1. The highest BCUT2D eigenvalue weighted by Gasteiger charge is 2.28. The Labute approximate surface area is 143 Å². The first-order chi connectivity index (χ1) is 11.3.